The summed E-state index contributed by atoms with van der Waals surface area (Å²) in [6, 6.07) is 11.0. The number of carbonyl (C=O) groups excluding carboxylic acids is 1. The number of halogens is 1. The van der Waals surface area contributed by atoms with E-state index in [1.807, 2.05) is 43.3 Å². The third-order valence-electron chi connectivity index (χ3n) is 3.48. The predicted molar refractivity (Wildman–Crippen MR) is 105 cm³/mol. The molecule has 1 unspecified atom stereocenters. The number of rotatable bonds is 8. The van der Waals surface area contributed by atoms with Crippen molar-refractivity contribution >= 4 is 45.7 Å². The normalized spacial score (nSPS) is 11.9. The summed E-state index contributed by atoms with van der Waals surface area (Å²) in [5, 5.41) is 15.5. The summed E-state index contributed by atoms with van der Waals surface area (Å²) < 4.78 is 5.98. The maximum absolute atomic E-state index is 12.2. The van der Waals surface area contributed by atoms with Gasteiger partial charge in [-0.2, -0.15) is 0 Å². The van der Waals surface area contributed by atoms with Gasteiger partial charge in [0.1, 0.15) is 5.76 Å². The van der Waals surface area contributed by atoms with Gasteiger partial charge in [0.05, 0.1) is 24.6 Å². The molecule has 2 aromatic heterocycles. The molecular weight excluding hydrogens is 392 g/mol. The smallest absolute Gasteiger partial charge is 0.230 e. The fourth-order valence-corrected chi connectivity index (χ4v) is 4.09. The Morgan fingerprint density at radius 3 is 2.92 bits per heavy atom. The van der Waals surface area contributed by atoms with E-state index < -0.39 is 0 Å². The van der Waals surface area contributed by atoms with Gasteiger partial charge in [-0.3, -0.25) is 4.79 Å². The molecule has 3 rings (SSSR count). The highest BCUT2D eigenvalue weighted by atomic mass is 35.5. The largest absolute Gasteiger partial charge is 0.467 e. The number of nitrogens with zero attached hydrogens (tertiary/aromatic N) is 2. The van der Waals surface area contributed by atoms with E-state index in [2.05, 4.69) is 20.8 Å². The minimum atomic E-state index is -0.156. The number of anilines is 1. The molecule has 6 nitrogen and oxygen atoms in total. The highest BCUT2D eigenvalue weighted by molar-refractivity contribution is 8.01. The van der Waals surface area contributed by atoms with Gasteiger partial charge in [0.15, 0.2) is 4.34 Å². The molecule has 1 atom stereocenters. The molecule has 0 saturated heterocycles. The second-order valence-electron chi connectivity index (χ2n) is 5.41. The zero-order valence-corrected chi connectivity index (χ0v) is 16.3. The Kier molecular flexibility index (Phi) is 6.54. The average Bonchev–Trinajstić information content (AvgIpc) is 3.30. The van der Waals surface area contributed by atoms with Crippen LogP contribution >= 0.6 is 34.7 Å². The molecule has 0 bridgehead atoms. The number of carbonyl (C=O) groups is 1. The maximum Gasteiger partial charge on any atom is 0.230 e. The SMILES string of the molecule is CC(NC(=O)CSc1nnc(NCc2ccco2)s1)c1ccccc1Cl. The van der Waals surface area contributed by atoms with E-state index in [0.29, 0.717) is 16.7 Å². The van der Waals surface area contributed by atoms with Crippen molar-refractivity contribution in [2.75, 3.05) is 11.1 Å². The van der Waals surface area contributed by atoms with Crippen molar-refractivity contribution in [3.8, 4) is 0 Å². The van der Waals surface area contributed by atoms with E-state index in [-0.39, 0.29) is 17.7 Å². The van der Waals surface area contributed by atoms with Gasteiger partial charge in [-0.15, -0.1) is 10.2 Å². The summed E-state index contributed by atoms with van der Waals surface area (Å²) in [5.41, 5.74) is 0.896. The van der Waals surface area contributed by atoms with Gasteiger partial charge >= 0.3 is 0 Å². The van der Waals surface area contributed by atoms with Crippen LogP contribution in [-0.2, 0) is 11.3 Å². The average molecular weight is 409 g/mol. The molecule has 9 heteroatoms. The summed E-state index contributed by atoms with van der Waals surface area (Å²) in [7, 11) is 0. The van der Waals surface area contributed by atoms with E-state index in [0.717, 1.165) is 15.7 Å². The number of hydrogen-bond donors (Lipinski definition) is 2. The Labute approximate surface area is 164 Å². The highest BCUT2D eigenvalue weighted by Gasteiger charge is 2.13. The van der Waals surface area contributed by atoms with Gasteiger partial charge in [-0.25, -0.2) is 0 Å². The quantitative estimate of drug-likeness (QED) is 0.539. The molecule has 3 aromatic rings. The molecule has 0 radical (unpaired) electrons. The Bertz CT molecular complexity index is 854. The molecule has 1 amide bonds. The molecule has 2 N–H and O–H groups in total. The van der Waals surface area contributed by atoms with E-state index in [1.54, 1.807) is 6.26 Å². The van der Waals surface area contributed by atoms with E-state index in [9.17, 15) is 4.79 Å². The van der Waals surface area contributed by atoms with Crippen molar-refractivity contribution in [3.63, 3.8) is 0 Å². The molecular formula is C17H17ClN4O2S2. The van der Waals surface area contributed by atoms with Crippen LogP contribution in [0.2, 0.25) is 5.02 Å². The lowest BCUT2D eigenvalue weighted by molar-refractivity contribution is -0.119. The van der Waals surface area contributed by atoms with Crippen LogP contribution in [-0.4, -0.2) is 21.9 Å². The molecule has 0 fully saturated rings. The molecule has 136 valence electrons. The van der Waals surface area contributed by atoms with Crippen LogP contribution in [0, 0.1) is 0 Å². The second-order valence-corrected chi connectivity index (χ2v) is 8.01. The number of thioether (sulfide) groups is 1. The van der Waals surface area contributed by atoms with Crippen LogP contribution in [0.3, 0.4) is 0 Å². The van der Waals surface area contributed by atoms with Crippen molar-refractivity contribution in [2.24, 2.45) is 0 Å². The molecule has 0 aliphatic rings. The summed E-state index contributed by atoms with van der Waals surface area (Å²) >= 11 is 8.91. The fraction of sp³-hybridized carbons (Fsp3) is 0.235. The van der Waals surface area contributed by atoms with Gasteiger partial charge in [0, 0.05) is 5.02 Å². The molecule has 0 aliphatic heterocycles. The van der Waals surface area contributed by atoms with Gasteiger partial charge in [0.25, 0.3) is 0 Å². The summed E-state index contributed by atoms with van der Waals surface area (Å²) in [6.45, 7) is 2.45. The molecule has 2 heterocycles. The Hall–Kier alpha value is -2.03. The minimum Gasteiger partial charge on any atom is -0.467 e. The number of hydrogen-bond acceptors (Lipinski definition) is 7. The molecule has 0 spiro atoms. The van der Waals surface area contributed by atoms with Crippen molar-refractivity contribution in [1.29, 1.82) is 0 Å². The topological polar surface area (TPSA) is 80.0 Å². The first-order chi connectivity index (χ1) is 12.6. The van der Waals surface area contributed by atoms with E-state index in [1.165, 1.54) is 23.1 Å². The summed E-state index contributed by atoms with van der Waals surface area (Å²) in [6.07, 6.45) is 1.63. The van der Waals surface area contributed by atoms with Gasteiger partial charge < -0.3 is 15.1 Å². The highest BCUT2D eigenvalue weighted by Crippen LogP contribution is 2.26. The Balaban J connectivity index is 1.45. The predicted octanol–water partition coefficient (Wildman–Crippen LogP) is 4.37. The first-order valence-electron chi connectivity index (χ1n) is 7.88. The molecule has 0 saturated carbocycles. The zero-order chi connectivity index (χ0) is 18.4. The lowest BCUT2D eigenvalue weighted by Gasteiger charge is -2.15. The van der Waals surface area contributed by atoms with Crippen molar-refractivity contribution in [3.05, 3.63) is 59.0 Å². The summed E-state index contributed by atoms with van der Waals surface area (Å²) in [4.78, 5) is 12.2. The first-order valence-corrected chi connectivity index (χ1v) is 10.1. The fourth-order valence-electron chi connectivity index (χ4n) is 2.23. The Morgan fingerprint density at radius 2 is 2.15 bits per heavy atom. The number of aromatic nitrogens is 2. The van der Waals surface area contributed by atoms with Gasteiger partial charge in [-0.05, 0) is 30.7 Å². The number of furan rings is 1. The standard InChI is InChI=1S/C17H17ClN4O2S2/c1-11(13-6-2-3-7-14(13)18)20-15(23)10-25-17-22-21-16(26-17)19-9-12-5-4-8-24-12/h2-8,11H,9-10H2,1H3,(H,19,21)(H,20,23). The van der Waals surface area contributed by atoms with Crippen LogP contribution in [0.25, 0.3) is 0 Å². The monoisotopic (exact) mass is 408 g/mol. The molecule has 1 aromatic carbocycles. The second kappa shape index (κ2) is 9.07. The lowest BCUT2D eigenvalue weighted by atomic mass is 10.1. The van der Waals surface area contributed by atoms with Crippen LogP contribution in [0.1, 0.15) is 24.3 Å². The Morgan fingerprint density at radius 1 is 1.31 bits per heavy atom. The van der Waals surface area contributed by atoms with Crippen molar-refractivity contribution in [2.45, 2.75) is 23.8 Å². The van der Waals surface area contributed by atoms with Crippen LogP contribution in [0.15, 0.2) is 51.4 Å². The lowest BCUT2D eigenvalue weighted by Crippen LogP contribution is -2.28. The van der Waals surface area contributed by atoms with Crippen LogP contribution in [0.5, 0.6) is 0 Å². The van der Waals surface area contributed by atoms with Crippen LogP contribution in [0.4, 0.5) is 5.13 Å². The van der Waals surface area contributed by atoms with Crippen molar-refractivity contribution < 1.29 is 9.21 Å². The first kappa shape index (κ1) is 18.8. The number of benzene rings is 1. The van der Waals surface area contributed by atoms with Crippen LogP contribution < -0.4 is 10.6 Å². The zero-order valence-electron chi connectivity index (χ0n) is 13.9. The van der Waals surface area contributed by atoms with Gasteiger partial charge in [-0.1, -0.05) is 52.9 Å². The third-order valence-corrected chi connectivity index (χ3v) is 5.83. The van der Waals surface area contributed by atoms with Crippen molar-refractivity contribution in [1.82, 2.24) is 15.5 Å². The van der Waals surface area contributed by atoms with E-state index >= 15 is 0 Å². The molecule has 26 heavy (non-hydrogen) atoms. The third kappa shape index (κ3) is 5.23. The minimum absolute atomic E-state index is 0.0808. The molecule has 0 aliphatic carbocycles. The maximum atomic E-state index is 12.2. The number of amides is 1. The van der Waals surface area contributed by atoms with Gasteiger partial charge in [0.2, 0.25) is 11.0 Å². The summed E-state index contributed by atoms with van der Waals surface area (Å²) in [5.74, 6) is 1.01. The number of nitrogens with one attached hydrogen (secondary N) is 2. The van der Waals surface area contributed by atoms with E-state index in [4.69, 9.17) is 16.0 Å².